The SMILES string of the molecule is COCCN1CC2(CCCCC2)NCC1C1CC1. The first-order valence-electron chi connectivity index (χ1n) is 7.81. The lowest BCUT2D eigenvalue weighted by molar-refractivity contribution is 0.0287. The van der Waals surface area contributed by atoms with Gasteiger partial charge in [0.2, 0.25) is 0 Å². The zero-order valence-corrected chi connectivity index (χ0v) is 11.8. The molecule has 0 aromatic carbocycles. The van der Waals surface area contributed by atoms with Crippen LogP contribution < -0.4 is 5.32 Å². The Hall–Kier alpha value is -0.120. The summed E-state index contributed by atoms with van der Waals surface area (Å²) in [4.78, 5) is 2.74. The molecule has 3 aliphatic rings. The maximum absolute atomic E-state index is 5.31. The Morgan fingerprint density at radius 1 is 1.22 bits per heavy atom. The number of ether oxygens (including phenoxy) is 1. The van der Waals surface area contributed by atoms with Crippen molar-refractivity contribution < 1.29 is 4.74 Å². The second-order valence-corrected chi connectivity index (χ2v) is 6.59. The van der Waals surface area contributed by atoms with Crippen molar-refractivity contribution in [2.75, 3.05) is 33.4 Å². The minimum absolute atomic E-state index is 0.442. The molecule has 0 aromatic heterocycles. The van der Waals surface area contributed by atoms with Crippen molar-refractivity contribution in [1.29, 1.82) is 0 Å². The van der Waals surface area contributed by atoms with Gasteiger partial charge >= 0.3 is 0 Å². The zero-order valence-electron chi connectivity index (χ0n) is 11.8. The van der Waals surface area contributed by atoms with Crippen molar-refractivity contribution in [2.45, 2.75) is 56.5 Å². The molecule has 1 unspecified atom stereocenters. The van der Waals surface area contributed by atoms with E-state index in [4.69, 9.17) is 4.74 Å². The molecule has 0 bridgehead atoms. The Morgan fingerprint density at radius 3 is 2.67 bits per heavy atom. The van der Waals surface area contributed by atoms with Gasteiger partial charge in [-0.15, -0.1) is 0 Å². The van der Waals surface area contributed by atoms with E-state index in [0.29, 0.717) is 5.54 Å². The second-order valence-electron chi connectivity index (χ2n) is 6.59. The van der Waals surface area contributed by atoms with E-state index < -0.39 is 0 Å². The van der Waals surface area contributed by atoms with E-state index in [1.807, 2.05) is 7.11 Å². The topological polar surface area (TPSA) is 24.5 Å². The van der Waals surface area contributed by atoms with Gasteiger partial charge in [-0.1, -0.05) is 19.3 Å². The number of piperazine rings is 1. The summed E-state index contributed by atoms with van der Waals surface area (Å²) in [5.74, 6) is 0.968. The number of rotatable bonds is 4. The maximum Gasteiger partial charge on any atom is 0.0589 e. The summed E-state index contributed by atoms with van der Waals surface area (Å²) < 4.78 is 5.31. The van der Waals surface area contributed by atoms with Crippen LogP contribution in [0.3, 0.4) is 0 Å². The number of nitrogens with zero attached hydrogens (tertiary/aromatic N) is 1. The summed E-state index contributed by atoms with van der Waals surface area (Å²) in [6.45, 7) is 4.49. The van der Waals surface area contributed by atoms with Crippen molar-refractivity contribution >= 4 is 0 Å². The Bertz CT molecular complexity index is 272. The highest BCUT2D eigenvalue weighted by Gasteiger charge is 2.44. The number of hydrogen-bond acceptors (Lipinski definition) is 3. The van der Waals surface area contributed by atoms with E-state index in [9.17, 15) is 0 Å². The highest BCUT2D eigenvalue weighted by atomic mass is 16.5. The summed E-state index contributed by atoms with van der Waals surface area (Å²) in [6.07, 6.45) is 9.93. The van der Waals surface area contributed by atoms with Crippen LogP contribution in [0.25, 0.3) is 0 Å². The predicted octanol–water partition coefficient (Wildman–Crippen LogP) is 2.02. The summed E-state index contributed by atoms with van der Waals surface area (Å²) in [6, 6.07) is 0.785. The van der Waals surface area contributed by atoms with Gasteiger partial charge in [0, 0.05) is 38.3 Å². The number of nitrogens with one attached hydrogen (secondary N) is 1. The van der Waals surface area contributed by atoms with Crippen molar-refractivity contribution in [3.63, 3.8) is 0 Å². The molecule has 0 radical (unpaired) electrons. The molecule has 3 heteroatoms. The van der Waals surface area contributed by atoms with Gasteiger partial charge in [-0.2, -0.15) is 0 Å². The van der Waals surface area contributed by atoms with Crippen LogP contribution in [0.15, 0.2) is 0 Å². The molecular formula is C15H28N2O. The van der Waals surface area contributed by atoms with Gasteiger partial charge in [0.25, 0.3) is 0 Å². The molecule has 1 N–H and O–H groups in total. The van der Waals surface area contributed by atoms with Crippen molar-refractivity contribution in [1.82, 2.24) is 10.2 Å². The molecule has 1 atom stereocenters. The molecule has 3 rings (SSSR count). The lowest BCUT2D eigenvalue weighted by Gasteiger charge is -2.50. The van der Waals surface area contributed by atoms with E-state index in [1.165, 1.54) is 58.0 Å². The lowest BCUT2D eigenvalue weighted by atomic mass is 9.79. The lowest BCUT2D eigenvalue weighted by Crippen LogP contribution is -2.65. The number of methoxy groups -OCH3 is 1. The molecule has 18 heavy (non-hydrogen) atoms. The molecule has 0 amide bonds. The van der Waals surface area contributed by atoms with Gasteiger partial charge in [-0.05, 0) is 31.6 Å². The molecule has 3 fully saturated rings. The van der Waals surface area contributed by atoms with Crippen LogP contribution in [0, 0.1) is 5.92 Å². The highest BCUT2D eigenvalue weighted by molar-refractivity contribution is 5.03. The first-order valence-corrected chi connectivity index (χ1v) is 7.81. The first kappa shape index (κ1) is 12.9. The van der Waals surface area contributed by atoms with Crippen molar-refractivity contribution in [3.8, 4) is 0 Å². The van der Waals surface area contributed by atoms with Gasteiger partial charge in [0.1, 0.15) is 0 Å². The minimum Gasteiger partial charge on any atom is -0.383 e. The Morgan fingerprint density at radius 2 is 2.00 bits per heavy atom. The maximum atomic E-state index is 5.31. The Balaban J connectivity index is 1.64. The van der Waals surface area contributed by atoms with E-state index in [2.05, 4.69) is 10.2 Å². The Labute approximate surface area is 111 Å². The normalized spacial score (nSPS) is 32.8. The van der Waals surface area contributed by atoms with E-state index >= 15 is 0 Å². The van der Waals surface area contributed by atoms with E-state index in [0.717, 1.165) is 25.1 Å². The molecular weight excluding hydrogens is 224 g/mol. The van der Waals surface area contributed by atoms with Gasteiger partial charge in [-0.3, -0.25) is 4.90 Å². The van der Waals surface area contributed by atoms with Gasteiger partial charge in [-0.25, -0.2) is 0 Å². The number of hydrogen-bond donors (Lipinski definition) is 1. The van der Waals surface area contributed by atoms with Crippen molar-refractivity contribution in [3.05, 3.63) is 0 Å². The highest BCUT2D eigenvalue weighted by Crippen LogP contribution is 2.39. The van der Waals surface area contributed by atoms with Crippen LogP contribution in [0.2, 0.25) is 0 Å². The molecule has 1 aliphatic heterocycles. The molecule has 3 nitrogen and oxygen atoms in total. The third kappa shape index (κ3) is 2.73. The third-order valence-corrected chi connectivity index (χ3v) is 5.22. The fourth-order valence-corrected chi connectivity index (χ4v) is 3.97. The molecule has 1 spiro atoms. The first-order chi connectivity index (χ1) is 8.83. The minimum atomic E-state index is 0.442. The largest absolute Gasteiger partial charge is 0.383 e. The van der Waals surface area contributed by atoms with Crippen LogP contribution >= 0.6 is 0 Å². The Kier molecular flexibility index (Phi) is 3.92. The average molecular weight is 252 g/mol. The second kappa shape index (κ2) is 5.48. The van der Waals surface area contributed by atoms with Gasteiger partial charge < -0.3 is 10.1 Å². The monoisotopic (exact) mass is 252 g/mol. The van der Waals surface area contributed by atoms with Crippen LogP contribution in [-0.2, 0) is 4.74 Å². The van der Waals surface area contributed by atoms with E-state index in [1.54, 1.807) is 0 Å². The third-order valence-electron chi connectivity index (χ3n) is 5.22. The van der Waals surface area contributed by atoms with Gasteiger partial charge in [0.15, 0.2) is 0 Å². The van der Waals surface area contributed by atoms with Crippen LogP contribution in [0.4, 0.5) is 0 Å². The fourth-order valence-electron chi connectivity index (χ4n) is 3.97. The van der Waals surface area contributed by atoms with E-state index in [-0.39, 0.29) is 0 Å². The summed E-state index contributed by atoms with van der Waals surface area (Å²) in [5, 5.41) is 3.93. The molecule has 0 aromatic rings. The van der Waals surface area contributed by atoms with Crippen molar-refractivity contribution in [2.24, 2.45) is 5.92 Å². The average Bonchev–Trinajstić information content (AvgIpc) is 3.22. The van der Waals surface area contributed by atoms with Crippen LogP contribution in [0.1, 0.15) is 44.9 Å². The quantitative estimate of drug-likeness (QED) is 0.828. The van der Waals surface area contributed by atoms with Gasteiger partial charge in [0.05, 0.1) is 6.61 Å². The summed E-state index contributed by atoms with van der Waals surface area (Å²) in [7, 11) is 1.82. The fraction of sp³-hybridized carbons (Fsp3) is 1.00. The molecule has 1 heterocycles. The van der Waals surface area contributed by atoms with Crippen LogP contribution in [0.5, 0.6) is 0 Å². The van der Waals surface area contributed by atoms with Crippen LogP contribution in [-0.4, -0.2) is 49.8 Å². The molecule has 2 saturated carbocycles. The molecule has 104 valence electrons. The smallest absolute Gasteiger partial charge is 0.0589 e. The standard InChI is InChI=1S/C15H28N2O/c1-18-10-9-17-12-15(7-3-2-4-8-15)16-11-14(17)13-5-6-13/h13-14,16H,2-12H2,1H3. The summed E-state index contributed by atoms with van der Waals surface area (Å²) >= 11 is 0. The zero-order chi connectivity index (χ0) is 12.4. The molecule has 1 saturated heterocycles. The predicted molar refractivity (Wildman–Crippen MR) is 73.8 cm³/mol. The molecule has 2 aliphatic carbocycles. The summed E-state index contributed by atoms with van der Waals surface area (Å²) in [5.41, 5.74) is 0.442.